The van der Waals surface area contributed by atoms with Gasteiger partial charge in [-0.3, -0.25) is 0 Å². The Bertz CT molecular complexity index is 893. The van der Waals surface area contributed by atoms with Crippen LogP contribution in [0.1, 0.15) is 13.3 Å². The molecule has 23 heavy (non-hydrogen) atoms. The van der Waals surface area contributed by atoms with Crippen molar-refractivity contribution in [3.8, 4) is 28.5 Å². The summed E-state index contributed by atoms with van der Waals surface area (Å²) in [6, 6.07) is 11.7. The van der Waals surface area contributed by atoms with Gasteiger partial charge in [-0.1, -0.05) is 19.1 Å². The fourth-order valence-electron chi connectivity index (χ4n) is 2.81. The molecule has 1 aliphatic rings. The van der Waals surface area contributed by atoms with Crippen molar-refractivity contribution in [1.29, 1.82) is 0 Å². The lowest BCUT2D eigenvalue weighted by Crippen LogP contribution is -2.08. The SMILES string of the molecule is CCCNc1nc2c3c(c(OC)ccc3n1)Oc1ccccc1-2. The summed E-state index contributed by atoms with van der Waals surface area (Å²) in [7, 11) is 1.64. The van der Waals surface area contributed by atoms with Gasteiger partial charge in [0.2, 0.25) is 5.95 Å². The molecule has 1 aromatic heterocycles. The van der Waals surface area contributed by atoms with Crippen LogP contribution in [-0.2, 0) is 0 Å². The first-order chi connectivity index (χ1) is 11.3. The van der Waals surface area contributed by atoms with Gasteiger partial charge in [0, 0.05) is 12.1 Å². The van der Waals surface area contributed by atoms with Crippen LogP contribution in [0, 0.1) is 0 Å². The summed E-state index contributed by atoms with van der Waals surface area (Å²) in [4.78, 5) is 9.33. The van der Waals surface area contributed by atoms with Crippen molar-refractivity contribution in [3.05, 3.63) is 36.4 Å². The molecule has 5 nitrogen and oxygen atoms in total. The van der Waals surface area contributed by atoms with Crippen LogP contribution in [0.3, 0.4) is 0 Å². The van der Waals surface area contributed by atoms with Gasteiger partial charge < -0.3 is 14.8 Å². The van der Waals surface area contributed by atoms with Gasteiger partial charge in [0.1, 0.15) is 5.75 Å². The Labute approximate surface area is 134 Å². The van der Waals surface area contributed by atoms with Crippen molar-refractivity contribution in [3.63, 3.8) is 0 Å². The van der Waals surface area contributed by atoms with Crippen LogP contribution in [0.4, 0.5) is 5.95 Å². The highest BCUT2D eigenvalue weighted by Crippen LogP contribution is 2.49. The second-order valence-electron chi connectivity index (χ2n) is 5.41. The van der Waals surface area contributed by atoms with Gasteiger partial charge >= 0.3 is 0 Å². The molecular weight excluding hydrogens is 290 g/mol. The van der Waals surface area contributed by atoms with Gasteiger partial charge in [0.05, 0.1) is 23.7 Å². The molecule has 4 rings (SSSR count). The highest BCUT2D eigenvalue weighted by Gasteiger charge is 2.25. The Morgan fingerprint density at radius 3 is 2.83 bits per heavy atom. The molecule has 116 valence electrons. The van der Waals surface area contributed by atoms with E-state index in [1.807, 2.05) is 36.4 Å². The van der Waals surface area contributed by atoms with E-state index in [1.165, 1.54) is 0 Å². The molecule has 1 aliphatic heterocycles. The fraction of sp³-hybridized carbons (Fsp3) is 0.222. The number of fused-ring (bicyclic) bond motifs is 2. The topological polar surface area (TPSA) is 56.3 Å². The van der Waals surface area contributed by atoms with Crippen molar-refractivity contribution in [2.24, 2.45) is 0 Å². The predicted molar refractivity (Wildman–Crippen MR) is 90.4 cm³/mol. The molecule has 0 bridgehead atoms. The lowest BCUT2D eigenvalue weighted by atomic mass is 10.0. The summed E-state index contributed by atoms with van der Waals surface area (Å²) in [5.41, 5.74) is 2.70. The molecule has 3 aromatic rings. The zero-order valence-electron chi connectivity index (χ0n) is 13.1. The van der Waals surface area contributed by atoms with E-state index < -0.39 is 0 Å². The number of methoxy groups -OCH3 is 1. The van der Waals surface area contributed by atoms with Gasteiger partial charge in [-0.05, 0) is 30.7 Å². The van der Waals surface area contributed by atoms with Gasteiger partial charge in [-0.25, -0.2) is 9.97 Å². The number of nitrogens with zero attached hydrogens (tertiary/aromatic N) is 2. The van der Waals surface area contributed by atoms with Gasteiger partial charge in [0.25, 0.3) is 0 Å². The molecule has 0 atom stereocenters. The summed E-state index contributed by atoms with van der Waals surface area (Å²) in [5, 5.41) is 4.16. The first-order valence-electron chi connectivity index (χ1n) is 7.71. The zero-order chi connectivity index (χ0) is 15.8. The van der Waals surface area contributed by atoms with Crippen molar-refractivity contribution < 1.29 is 9.47 Å². The number of benzene rings is 2. The lowest BCUT2D eigenvalue weighted by Gasteiger charge is -2.22. The number of hydrogen-bond donors (Lipinski definition) is 1. The van der Waals surface area contributed by atoms with E-state index in [-0.39, 0.29) is 0 Å². The highest BCUT2D eigenvalue weighted by atomic mass is 16.5. The third-order valence-corrected chi connectivity index (χ3v) is 3.89. The number of rotatable bonds is 4. The average Bonchev–Trinajstić information content (AvgIpc) is 2.60. The van der Waals surface area contributed by atoms with Crippen molar-refractivity contribution in [1.82, 2.24) is 9.97 Å². The monoisotopic (exact) mass is 307 g/mol. The summed E-state index contributed by atoms with van der Waals surface area (Å²) in [6.45, 7) is 2.95. The van der Waals surface area contributed by atoms with Crippen LogP contribution in [-0.4, -0.2) is 23.6 Å². The van der Waals surface area contributed by atoms with E-state index >= 15 is 0 Å². The minimum Gasteiger partial charge on any atom is -0.493 e. The maximum atomic E-state index is 6.07. The molecule has 0 fully saturated rings. The molecule has 0 saturated carbocycles. The number of aromatic nitrogens is 2. The van der Waals surface area contributed by atoms with Crippen LogP contribution in [0.25, 0.3) is 22.2 Å². The smallest absolute Gasteiger partial charge is 0.223 e. The first-order valence-corrected chi connectivity index (χ1v) is 7.71. The van der Waals surface area contributed by atoms with Gasteiger partial charge in [-0.15, -0.1) is 0 Å². The van der Waals surface area contributed by atoms with Crippen LogP contribution in [0.15, 0.2) is 36.4 Å². The molecule has 1 N–H and O–H groups in total. The molecule has 0 amide bonds. The van der Waals surface area contributed by atoms with Crippen LogP contribution < -0.4 is 14.8 Å². The Balaban J connectivity index is 2.02. The number of para-hydroxylation sites is 1. The van der Waals surface area contributed by atoms with Gasteiger partial charge in [-0.2, -0.15) is 0 Å². The summed E-state index contributed by atoms with van der Waals surface area (Å²) in [5.74, 6) is 2.79. The third-order valence-electron chi connectivity index (χ3n) is 3.89. The van der Waals surface area contributed by atoms with E-state index in [9.17, 15) is 0 Å². The molecule has 0 radical (unpaired) electrons. The molecule has 2 heterocycles. The molecule has 0 spiro atoms. The molecular formula is C18H17N3O2. The number of hydrogen-bond acceptors (Lipinski definition) is 5. The minimum atomic E-state index is 0.641. The van der Waals surface area contributed by atoms with E-state index in [0.29, 0.717) is 17.4 Å². The molecule has 5 heteroatoms. The Hall–Kier alpha value is -2.82. The first kappa shape index (κ1) is 13.8. The fourth-order valence-corrected chi connectivity index (χ4v) is 2.81. The lowest BCUT2D eigenvalue weighted by molar-refractivity contribution is 0.381. The number of ether oxygens (including phenoxy) is 2. The van der Waals surface area contributed by atoms with Crippen molar-refractivity contribution in [2.45, 2.75) is 13.3 Å². The van der Waals surface area contributed by atoms with E-state index in [0.717, 1.165) is 40.9 Å². The Morgan fingerprint density at radius 2 is 2.00 bits per heavy atom. The molecule has 2 aromatic carbocycles. The second-order valence-corrected chi connectivity index (χ2v) is 5.41. The molecule has 0 saturated heterocycles. The quantitative estimate of drug-likeness (QED) is 0.611. The van der Waals surface area contributed by atoms with Crippen molar-refractivity contribution >= 4 is 16.9 Å². The van der Waals surface area contributed by atoms with Crippen molar-refractivity contribution in [2.75, 3.05) is 19.0 Å². The third kappa shape index (κ3) is 2.16. The van der Waals surface area contributed by atoms with Crippen LogP contribution >= 0.6 is 0 Å². The standard InChI is InChI=1S/C18H17N3O2/c1-3-10-19-18-20-12-8-9-14(22-2)17-15(12)16(21-18)11-6-4-5-7-13(11)23-17/h4-9H,3,10H2,1-2H3,(H,19,20,21). The van der Waals surface area contributed by atoms with Crippen LogP contribution in [0.5, 0.6) is 17.2 Å². The maximum Gasteiger partial charge on any atom is 0.223 e. The average molecular weight is 307 g/mol. The van der Waals surface area contributed by atoms with E-state index in [2.05, 4.69) is 17.2 Å². The summed E-state index contributed by atoms with van der Waals surface area (Å²) >= 11 is 0. The Kier molecular flexibility index (Phi) is 3.26. The molecule has 0 aliphatic carbocycles. The predicted octanol–water partition coefficient (Wildman–Crippen LogP) is 4.23. The zero-order valence-corrected chi connectivity index (χ0v) is 13.1. The van der Waals surface area contributed by atoms with Crippen LogP contribution in [0.2, 0.25) is 0 Å². The Morgan fingerprint density at radius 1 is 1.13 bits per heavy atom. The summed E-state index contributed by atoms with van der Waals surface area (Å²) in [6.07, 6.45) is 1.02. The maximum absolute atomic E-state index is 6.07. The summed E-state index contributed by atoms with van der Waals surface area (Å²) < 4.78 is 11.5. The number of nitrogens with one attached hydrogen (secondary N) is 1. The van der Waals surface area contributed by atoms with Gasteiger partial charge in [0.15, 0.2) is 11.5 Å². The van der Waals surface area contributed by atoms with E-state index in [1.54, 1.807) is 7.11 Å². The largest absolute Gasteiger partial charge is 0.493 e. The number of anilines is 1. The normalized spacial score (nSPS) is 11.7. The highest BCUT2D eigenvalue weighted by molar-refractivity contribution is 6.02. The minimum absolute atomic E-state index is 0.641. The molecule has 0 unspecified atom stereocenters. The second kappa shape index (κ2) is 5.43. The van der Waals surface area contributed by atoms with E-state index in [4.69, 9.17) is 14.5 Å².